The molecule has 0 unspecified atom stereocenters. The molecule has 0 radical (unpaired) electrons. The Bertz CT molecular complexity index is 592. The summed E-state index contributed by atoms with van der Waals surface area (Å²) in [5.41, 5.74) is 0. The zero-order valence-electron chi connectivity index (χ0n) is 12.5. The third-order valence-corrected chi connectivity index (χ3v) is 6.16. The van der Waals surface area contributed by atoms with Gasteiger partial charge in [-0.2, -0.15) is 17.0 Å². The maximum atomic E-state index is 12.4. The van der Waals surface area contributed by atoms with Gasteiger partial charge >= 0.3 is 0 Å². The topological polar surface area (TPSA) is 63.0 Å². The van der Waals surface area contributed by atoms with Gasteiger partial charge in [0.2, 0.25) is 0 Å². The Morgan fingerprint density at radius 1 is 1.33 bits per heavy atom. The van der Waals surface area contributed by atoms with E-state index in [1.807, 2.05) is 12.1 Å². The highest BCUT2D eigenvalue weighted by molar-refractivity contribution is 7.86. The summed E-state index contributed by atoms with van der Waals surface area (Å²) in [7, 11) is -1.85. The van der Waals surface area contributed by atoms with Crippen LogP contribution in [-0.4, -0.2) is 50.4 Å². The summed E-state index contributed by atoms with van der Waals surface area (Å²) in [6, 6.07) is 3.85. The molecule has 1 aromatic heterocycles. The maximum absolute atomic E-state index is 12.4. The van der Waals surface area contributed by atoms with Crippen LogP contribution < -0.4 is 0 Å². The van der Waals surface area contributed by atoms with Crippen molar-refractivity contribution in [3.05, 3.63) is 23.7 Å². The highest BCUT2D eigenvalue weighted by Gasteiger charge is 2.37. The minimum atomic E-state index is -3.44. The molecule has 118 valence electrons. The Hall–Kier alpha value is -0.890. The molecule has 21 heavy (non-hydrogen) atoms. The van der Waals surface area contributed by atoms with E-state index in [4.69, 9.17) is 9.15 Å². The molecule has 6 nitrogen and oxygen atoms in total. The second-order valence-electron chi connectivity index (χ2n) is 5.90. The van der Waals surface area contributed by atoms with Gasteiger partial charge in [-0.05, 0) is 24.5 Å². The van der Waals surface area contributed by atoms with Gasteiger partial charge in [0.05, 0.1) is 19.8 Å². The quantitative estimate of drug-likeness (QED) is 0.824. The molecule has 2 heterocycles. The van der Waals surface area contributed by atoms with Crippen LogP contribution in [0.2, 0.25) is 0 Å². The zero-order valence-corrected chi connectivity index (χ0v) is 13.3. The molecule has 0 aromatic carbocycles. The Labute approximate surface area is 125 Å². The highest BCUT2D eigenvalue weighted by atomic mass is 32.2. The van der Waals surface area contributed by atoms with Gasteiger partial charge in [0.15, 0.2) is 0 Å². The molecule has 2 atom stereocenters. The predicted octanol–water partition coefficient (Wildman–Crippen LogP) is 1.41. The average Bonchev–Trinajstić information content (AvgIpc) is 3.02. The second kappa shape index (κ2) is 5.72. The van der Waals surface area contributed by atoms with E-state index in [0.717, 1.165) is 12.2 Å². The molecule has 2 fully saturated rings. The fourth-order valence-electron chi connectivity index (χ4n) is 2.67. The first-order valence-corrected chi connectivity index (χ1v) is 8.76. The smallest absolute Gasteiger partial charge is 0.282 e. The molecule has 1 saturated carbocycles. The van der Waals surface area contributed by atoms with E-state index in [9.17, 15) is 8.42 Å². The summed E-state index contributed by atoms with van der Waals surface area (Å²) < 4.78 is 38.7. The second-order valence-corrected chi connectivity index (χ2v) is 7.93. The largest absolute Gasteiger partial charge is 0.464 e. The van der Waals surface area contributed by atoms with Crippen LogP contribution in [0.25, 0.3) is 0 Å². The molecule has 1 aromatic rings. The Morgan fingerprint density at radius 3 is 2.62 bits per heavy atom. The van der Waals surface area contributed by atoms with Crippen molar-refractivity contribution in [2.75, 3.05) is 33.4 Å². The summed E-state index contributed by atoms with van der Waals surface area (Å²) in [6.45, 7) is 4.20. The van der Waals surface area contributed by atoms with Gasteiger partial charge < -0.3 is 9.15 Å². The number of nitrogens with zero attached hydrogens (tertiary/aromatic N) is 2. The first-order valence-electron chi connectivity index (χ1n) is 7.36. The first-order chi connectivity index (χ1) is 9.98. The highest BCUT2D eigenvalue weighted by Crippen LogP contribution is 2.47. The average molecular weight is 314 g/mol. The van der Waals surface area contributed by atoms with Crippen LogP contribution in [0.15, 0.2) is 16.5 Å². The summed E-state index contributed by atoms with van der Waals surface area (Å²) in [6.07, 6.45) is 1.16. The van der Waals surface area contributed by atoms with Gasteiger partial charge in [-0.3, -0.25) is 0 Å². The molecular formula is C14H22N2O4S. The number of furan rings is 1. The Kier molecular flexibility index (Phi) is 4.09. The minimum absolute atomic E-state index is 0.265. The van der Waals surface area contributed by atoms with Crippen molar-refractivity contribution in [3.8, 4) is 0 Å². The molecular weight excluding hydrogens is 292 g/mol. The van der Waals surface area contributed by atoms with Crippen molar-refractivity contribution in [1.82, 2.24) is 8.61 Å². The molecule has 7 heteroatoms. The number of hydrogen-bond acceptors (Lipinski definition) is 4. The number of ether oxygens (including phenoxy) is 1. The molecule has 0 N–H and O–H groups in total. The van der Waals surface area contributed by atoms with Crippen molar-refractivity contribution in [2.45, 2.75) is 25.8 Å². The van der Waals surface area contributed by atoms with Crippen molar-refractivity contribution >= 4 is 10.2 Å². The third-order valence-electron chi connectivity index (χ3n) is 4.23. The van der Waals surface area contributed by atoms with Crippen LogP contribution in [0, 0.1) is 5.92 Å². The molecule has 2 aliphatic rings. The van der Waals surface area contributed by atoms with Crippen molar-refractivity contribution < 1.29 is 17.6 Å². The van der Waals surface area contributed by atoms with E-state index >= 15 is 0 Å². The fourth-order valence-corrected chi connectivity index (χ4v) is 3.97. The molecule has 1 aliphatic carbocycles. The molecule has 0 spiro atoms. The lowest BCUT2D eigenvalue weighted by Gasteiger charge is -2.29. The lowest BCUT2D eigenvalue weighted by Crippen LogP contribution is -2.46. The first kappa shape index (κ1) is 15.0. The van der Waals surface area contributed by atoms with E-state index < -0.39 is 10.2 Å². The molecule has 1 saturated heterocycles. The van der Waals surface area contributed by atoms with Gasteiger partial charge in [0.1, 0.15) is 11.5 Å². The predicted molar refractivity (Wildman–Crippen MR) is 78.0 cm³/mol. The van der Waals surface area contributed by atoms with Crippen molar-refractivity contribution in [1.29, 1.82) is 0 Å². The third kappa shape index (κ3) is 3.15. The van der Waals surface area contributed by atoms with E-state index in [1.165, 1.54) is 8.61 Å². The maximum Gasteiger partial charge on any atom is 0.282 e. The summed E-state index contributed by atoms with van der Waals surface area (Å²) in [5.74, 6) is 2.87. The Balaban J connectivity index is 1.64. The van der Waals surface area contributed by atoms with E-state index in [2.05, 4.69) is 6.92 Å². The van der Waals surface area contributed by atoms with E-state index in [0.29, 0.717) is 43.9 Å². The van der Waals surface area contributed by atoms with E-state index in [1.54, 1.807) is 7.05 Å². The normalized spacial score (nSPS) is 27.2. The van der Waals surface area contributed by atoms with Crippen molar-refractivity contribution in [2.24, 2.45) is 5.92 Å². The van der Waals surface area contributed by atoms with Gasteiger partial charge in [-0.15, -0.1) is 0 Å². The number of hydrogen-bond donors (Lipinski definition) is 0. The summed E-state index contributed by atoms with van der Waals surface area (Å²) in [5, 5.41) is 0. The number of rotatable bonds is 5. The van der Waals surface area contributed by atoms with Crippen LogP contribution in [0.5, 0.6) is 0 Å². The summed E-state index contributed by atoms with van der Waals surface area (Å²) in [4.78, 5) is 0. The lowest BCUT2D eigenvalue weighted by atomic mass is 10.3. The van der Waals surface area contributed by atoms with Gasteiger partial charge in [-0.1, -0.05) is 6.92 Å². The molecule has 0 amide bonds. The lowest BCUT2D eigenvalue weighted by molar-refractivity contribution is 0.0704. The van der Waals surface area contributed by atoms with Gasteiger partial charge in [-0.25, -0.2) is 0 Å². The standard InChI is InChI=1S/C14H22N2O4S/c1-11-9-13(11)14-4-3-12(20-14)10-15(2)21(17,18)16-5-7-19-8-6-16/h3-4,11,13H,5-10H2,1-2H3/t11-,13-/m1/s1. The van der Waals surface area contributed by atoms with Gasteiger partial charge in [0.25, 0.3) is 10.2 Å². The van der Waals surface area contributed by atoms with Crippen LogP contribution in [0.3, 0.4) is 0 Å². The van der Waals surface area contributed by atoms with E-state index in [-0.39, 0.29) is 6.54 Å². The minimum Gasteiger partial charge on any atom is -0.464 e. The van der Waals surface area contributed by atoms with Crippen LogP contribution in [0.4, 0.5) is 0 Å². The summed E-state index contributed by atoms with van der Waals surface area (Å²) >= 11 is 0. The monoisotopic (exact) mass is 314 g/mol. The van der Waals surface area contributed by atoms with Crippen LogP contribution >= 0.6 is 0 Å². The van der Waals surface area contributed by atoms with Crippen LogP contribution in [-0.2, 0) is 21.5 Å². The number of morpholine rings is 1. The van der Waals surface area contributed by atoms with Crippen molar-refractivity contribution in [3.63, 3.8) is 0 Å². The Morgan fingerprint density at radius 2 is 2.00 bits per heavy atom. The molecule has 0 bridgehead atoms. The SMILES string of the molecule is C[C@@H]1C[C@H]1c1ccc(CN(C)S(=O)(=O)N2CCOCC2)o1. The van der Waals surface area contributed by atoms with Gasteiger partial charge in [0, 0.05) is 26.1 Å². The fraction of sp³-hybridized carbons (Fsp3) is 0.714. The zero-order chi connectivity index (χ0) is 15.0. The van der Waals surface area contributed by atoms with Crippen LogP contribution in [0.1, 0.15) is 30.8 Å². The molecule has 3 rings (SSSR count). The molecule has 1 aliphatic heterocycles.